The van der Waals surface area contributed by atoms with E-state index in [1.807, 2.05) is 25.1 Å². The number of rotatable bonds is 6. The molecule has 31 heavy (non-hydrogen) atoms. The number of hydrogen-bond donors (Lipinski definition) is 4. The Morgan fingerprint density at radius 3 is 2.84 bits per heavy atom. The van der Waals surface area contributed by atoms with E-state index >= 15 is 0 Å². The van der Waals surface area contributed by atoms with Gasteiger partial charge in [0.1, 0.15) is 11.4 Å². The van der Waals surface area contributed by atoms with Gasteiger partial charge in [-0.3, -0.25) is 4.79 Å². The quantitative estimate of drug-likeness (QED) is 0.338. The van der Waals surface area contributed by atoms with E-state index in [4.69, 9.17) is 18.2 Å². The van der Waals surface area contributed by atoms with Crippen LogP contribution in [0.5, 0.6) is 0 Å². The molecular formula is C23H20ClN5O2. The summed E-state index contributed by atoms with van der Waals surface area (Å²) in [5.41, 5.74) is 4.18. The normalized spacial score (nSPS) is 11.9. The number of pyridine rings is 1. The molecule has 0 aliphatic heterocycles. The monoisotopic (exact) mass is 433 g/mol. The SMILES string of the molecule is [C-]#[N+]c1cc(C)c2nc(-c3c(N[C@H](CO)Cc4ccccc4Cl)cc[nH]c3=O)[nH]c2c1. The van der Waals surface area contributed by atoms with Crippen LogP contribution in [0.4, 0.5) is 11.4 Å². The predicted octanol–water partition coefficient (Wildman–Crippen LogP) is 4.45. The van der Waals surface area contributed by atoms with E-state index in [1.165, 1.54) is 0 Å². The van der Waals surface area contributed by atoms with Crippen molar-refractivity contribution in [1.82, 2.24) is 15.0 Å². The van der Waals surface area contributed by atoms with Gasteiger partial charge in [-0.15, -0.1) is 0 Å². The van der Waals surface area contributed by atoms with Crippen LogP contribution < -0.4 is 10.9 Å². The van der Waals surface area contributed by atoms with Crippen molar-refractivity contribution < 1.29 is 5.11 Å². The van der Waals surface area contributed by atoms with E-state index in [0.717, 1.165) is 11.1 Å². The lowest BCUT2D eigenvalue weighted by molar-refractivity contribution is 0.274. The summed E-state index contributed by atoms with van der Waals surface area (Å²) >= 11 is 6.26. The zero-order valence-corrected chi connectivity index (χ0v) is 17.5. The molecule has 4 N–H and O–H groups in total. The highest BCUT2D eigenvalue weighted by atomic mass is 35.5. The van der Waals surface area contributed by atoms with Crippen LogP contribution in [-0.4, -0.2) is 32.7 Å². The van der Waals surface area contributed by atoms with Gasteiger partial charge < -0.3 is 20.4 Å². The zero-order valence-electron chi connectivity index (χ0n) is 16.7. The summed E-state index contributed by atoms with van der Waals surface area (Å²) in [5, 5.41) is 13.8. The highest BCUT2D eigenvalue weighted by Crippen LogP contribution is 2.29. The molecule has 0 aliphatic carbocycles. The van der Waals surface area contributed by atoms with Gasteiger partial charge in [0.15, 0.2) is 5.69 Å². The third kappa shape index (κ3) is 4.17. The molecule has 0 aliphatic rings. The summed E-state index contributed by atoms with van der Waals surface area (Å²) in [6.07, 6.45) is 2.03. The molecule has 4 rings (SSSR count). The van der Waals surface area contributed by atoms with Crippen LogP contribution >= 0.6 is 11.6 Å². The predicted molar refractivity (Wildman–Crippen MR) is 123 cm³/mol. The van der Waals surface area contributed by atoms with Crippen molar-refractivity contribution >= 4 is 34.0 Å². The van der Waals surface area contributed by atoms with Crippen molar-refractivity contribution in [3.63, 3.8) is 0 Å². The van der Waals surface area contributed by atoms with Gasteiger partial charge in [-0.25, -0.2) is 9.83 Å². The molecule has 0 spiro atoms. The number of benzene rings is 2. The van der Waals surface area contributed by atoms with Crippen molar-refractivity contribution in [3.05, 3.63) is 86.6 Å². The van der Waals surface area contributed by atoms with Crippen LogP contribution in [0.3, 0.4) is 0 Å². The second-order valence-electron chi connectivity index (χ2n) is 7.27. The highest BCUT2D eigenvalue weighted by Gasteiger charge is 2.18. The van der Waals surface area contributed by atoms with E-state index in [1.54, 1.807) is 30.5 Å². The fourth-order valence-corrected chi connectivity index (χ4v) is 3.81. The van der Waals surface area contributed by atoms with E-state index < -0.39 is 0 Å². The van der Waals surface area contributed by atoms with Crippen LogP contribution in [0.1, 0.15) is 11.1 Å². The van der Waals surface area contributed by atoms with Crippen molar-refractivity contribution in [2.45, 2.75) is 19.4 Å². The Bertz CT molecular complexity index is 1350. The first-order valence-corrected chi connectivity index (χ1v) is 10.1. The topological polar surface area (TPSA) is 98.2 Å². The van der Waals surface area contributed by atoms with Gasteiger partial charge in [0.05, 0.1) is 35.9 Å². The molecule has 0 saturated heterocycles. The first-order chi connectivity index (χ1) is 15.0. The Morgan fingerprint density at radius 1 is 1.29 bits per heavy atom. The number of fused-ring (bicyclic) bond motifs is 1. The van der Waals surface area contributed by atoms with Gasteiger partial charge in [-0.1, -0.05) is 35.9 Å². The van der Waals surface area contributed by atoms with Crippen molar-refractivity contribution in [3.8, 4) is 11.4 Å². The summed E-state index contributed by atoms with van der Waals surface area (Å²) < 4.78 is 0. The fraction of sp³-hybridized carbons (Fsp3) is 0.174. The molecule has 0 radical (unpaired) electrons. The maximum absolute atomic E-state index is 12.7. The number of aryl methyl sites for hydroxylation is 1. The first-order valence-electron chi connectivity index (χ1n) is 9.71. The van der Waals surface area contributed by atoms with Crippen LogP contribution in [-0.2, 0) is 6.42 Å². The summed E-state index contributed by atoms with van der Waals surface area (Å²) in [6.45, 7) is 8.98. The molecule has 8 heteroatoms. The summed E-state index contributed by atoms with van der Waals surface area (Å²) in [6, 6.07) is 12.3. The lowest BCUT2D eigenvalue weighted by Crippen LogP contribution is -2.28. The fourth-order valence-electron chi connectivity index (χ4n) is 3.60. The van der Waals surface area contributed by atoms with Crippen LogP contribution in [0, 0.1) is 13.5 Å². The summed E-state index contributed by atoms with van der Waals surface area (Å²) in [7, 11) is 0. The van der Waals surface area contributed by atoms with Gasteiger partial charge in [-0.05, 0) is 42.7 Å². The Kier molecular flexibility index (Phi) is 5.76. The largest absolute Gasteiger partial charge is 0.394 e. The van der Waals surface area contributed by atoms with Gasteiger partial charge in [0.2, 0.25) is 0 Å². The number of nitrogens with one attached hydrogen (secondary N) is 3. The molecule has 0 amide bonds. The molecule has 2 heterocycles. The second-order valence-corrected chi connectivity index (χ2v) is 7.68. The number of anilines is 1. The smallest absolute Gasteiger partial charge is 0.261 e. The molecule has 1 atom stereocenters. The number of halogens is 1. The number of H-pyrrole nitrogens is 2. The van der Waals surface area contributed by atoms with Crippen molar-refractivity contribution in [1.29, 1.82) is 0 Å². The van der Waals surface area contributed by atoms with E-state index in [0.29, 0.717) is 45.2 Å². The first kappa shape index (κ1) is 20.7. The van der Waals surface area contributed by atoms with Gasteiger partial charge in [-0.2, -0.15) is 0 Å². The molecule has 156 valence electrons. The lowest BCUT2D eigenvalue weighted by atomic mass is 10.1. The van der Waals surface area contributed by atoms with Crippen LogP contribution in [0.25, 0.3) is 27.3 Å². The number of aliphatic hydroxyl groups is 1. The number of aromatic amines is 2. The summed E-state index contributed by atoms with van der Waals surface area (Å²) in [4.78, 5) is 26.7. The van der Waals surface area contributed by atoms with Crippen molar-refractivity contribution in [2.24, 2.45) is 0 Å². The van der Waals surface area contributed by atoms with Gasteiger partial charge in [0, 0.05) is 11.2 Å². The number of aliphatic hydroxyl groups excluding tert-OH is 1. The van der Waals surface area contributed by atoms with Gasteiger partial charge >= 0.3 is 0 Å². The molecule has 0 saturated carbocycles. The maximum Gasteiger partial charge on any atom is 0.261 e. The standard InChI is InChI=1S/C23H20ClN5O2/c1-13-9-15(25-2)11-19-21(13)29-22(28-19)20-18(7-8-26-23(20)31)27-16(12-30)10-14-5-3-4-6-17(14)24/h3-9,11,16,30H,10,12H2,1H3,(H,28,29)(H2,26,27,31)/t16-/m0/s1. The minimum absolute atomic E-state index is 0.148. The van der Waals surface area contributed by atoms with Crippen molar-refractivity contribution in [2.75, 3.05) is 11.9 Å². The third-order valence-corrected chi connectivity index (χ3v) is 5.46. The average molecular weight is 434 g/mol. The zero-order chi connectivity index (χ0) is 22.0. The molecule has 2 aromatic heterocycles. The number of imidazole rings is 1. The van der Waals surface area contributed by atoms with E-state index in [9.17, 15) is 9.90 Å². The lowest BCUT2D eigenvalue weighted by Gasteiger charge is -2.19. The average Bonchev–Trinajstić information content (AvgIpc) is 3.19. The minimum atomic E-state index is -0.361. The molecule has 0 fully saturated rings. The molecular weight excluding hydrogens is 414 g/mol. The Balaban J connectivity index is 1.73. The molecule has 0 unspecified atom stereocenters. The molecule has 7 nitrogen and oxygen atoms in total. The highest BCUT2D eigenvalue weighted by molar-refractivity contribution is 6.31. The molecule has 2 aromatic carbocycles. The van der Waals surface area contributed by atoms with E-state index in [2.05, 4.69) is 25.1 Å². The third-order valence-electron chi connectivity index (χ3n) is 5.09. The molecule has 0 bridgehead atoms. The summed E-state index contributed by atoms with van der Waals surface area (Å²) in [5.74, 6) is 0.388. The molecule has 4 aromatic rings. The van der Waals surface area contributed by atoms with E-state index in [-0.39, 0.29) is 18.2 Å². The Hall–Kier alpha value is -3.60. The van der Waals surface area contributed by atoms with Gasteiger partial charge in [0.25, 0.3) is 5.56 Å². The second kappa shape index (κ2) is 8.64. The minimum Gasteiger partial charge on any atom is -0.394 e. The Labute approximate surface area is 183 Å². The van der Waals surface area contributed by atoms with Crippen LogP contribution in [0.2, 0.25) is 5.02 Å². The maximum atomic E-state index is 12.7. The number of hydrogen-bond acceptors (Lipinski definition) is 4. The number of aromatic nitrogens is 3. The number of nitrogens with zero attached hydrogens (tertiary/aromatic N) is 2. The Morgan fingerprint density at radius 2 is 2.10 bits per heavy atom. The van der Waals surface area contributed by atoms with Crippen LogP contribution in [0.15, 0.2) is 53.5 Å².